The molecule has 2 aliphatic heterocycles. The molecule has 0 aromatic heterocycles. The zero-order valence-corrected chi connectivity index (χ0v) is 29.4. The van der Waals surface area contributed by atoms with E-state index in [-0.39, 0.29) is 65.6 Å². The first-order chi connectivity index (χ1) is 19.9. The number of aryl methyl sites for hydroxylation is 2. The number of benzene rings is 2. The Hall–Kier alpha value is -2.82. The summed E-state index contributed by atoms with van der Waals surface area (Å²) in [5.41, 5.74) is 5.46. The van der Waals surface area contributed by atoms with Crippen LogP contribution in [0.2, 0.25) is 0 Å². The van der Waals surface area contributed by atoms with Gasteiger partial charge >= 0.3 is 29.6 Å². The molecule has 242 valence electrons. The van der Waals surface area contributed by atoms with Gasteiger partial charge in [-0.05, 0) is 124 Å². The van der Waals surface area contributed by atoms with E-state index in [4.69, 9.17) is 14.6 Å². The molecule has 10 heteroatoms. The molecular weight excluding hydrogens is 583 g/mol. The molecule has 2 fully saturated rings. The Morgan fingerprint density at radius 3 is 1.51 bits per heavy atom. The van der Waals surface area contributed by atoms with Crippen molar-refractivity contribution in [1.82, 2.24) is 10.6 Å². The van der Waals surface area contributed by atoms with Gasteiger partial charge in [0.05, 0.1) is 30.9 Å². The number of rotatable bonds is 6. The van der Waals surface area contributed by atoms with E-state index in [2.05, 4.69) is 24.5 Å². The molecule has 5 N–H and O–H groups in total. The van der Waals surface area contributed by atoms with Crippen molar-refractivity contribution in [2.24, 2.45) is 11.8 Å². The van der Waals surface area contributed by atoms with Gasteiger partial charge in [0.2, 0.25) is 0 Å². The smallest absolute Gasteiger partial charge is 0.870 e. The van der Waals surface area contributed by atoms with Gasteiger partial charge in [-0.15, -0.1) is 0 Å². The third-order valence-electron chi connectivity index (χ3n) is 9.28. The molecule has 2 amide bonds. The van der Waals surface area contributed by atoms with Crippen LogP contribution in [0.25, 0.3) is 11.1 Å². The Morgan fingerprint density at radius 2 is 1.11 bits per heavy atom. The quantitative estimate of drug-likeness (QED) is 0.358. The standard InChI is InChI=1S/C17H21NO2.C16H19NO3.CH4O.CH4.Na.H2O/c1-10-9-13(20-4)7-8-14(10)15-11(2)17(3,12-5-6-12)18-16(15)19;1-9-8-11(20-3)6-7-12(9)13-14(18)16(2,10-4-5-10)17-15(13)19;1-2;;;/h7-9,12H,5-6H2,1-4H3,(H,18,19);6-8,10,18H,4-5H2,1-3H3,(H,17,19);2H,1H3;1H4;;1H2/q;;;;+1;/p-1. The van der Waals surface area contributed by atoms with Gasteiger partial charge in [0, 0.05) is 12.7 Å². The Labute approximate surface area is 290 Å². The van der Waals surface area contributed by atoms with Gasteiger partial charge in [0.1, 0.15) is 17.3 Å². The summed E-state index contributed by atoms with van der Waals surface area (Å²) in [6.45, 7) is 10.1. The first kappa shape index (κ1) is 40.2. The fraction of sp³-hybridized carbons (Fsp3) is 0.486. The molecule has 2 aromatic carbocycles. The van der Waals surface area contributed by atoms with Crippen LogP contribution in [-0.2, 0) is 9.59 Å². The van der Waals surface area contributed by atoms with Crippen molar-refractivity contribution in [3.8, 4) is 11.5 Å². The SMILES string of the molecule is C.CO.COc1ccc(C2=C(C)C(C)(C3CC3)NC2=O)c(C)c1.COc1ccc(C2=C(O)C(C)(C3CC3)NC2=O)c(C)c1.[Na+].[OH-]. The van der Waals surface area contributed by atoms with Crippen LogP contribution in [0.1, 0.15) is 76.1 Å². The zero-order chi connectivity index (χ0) is 31.0. The number of aliphatic hydroxyl groups is 2. The van der Waals surface area contributed by atoms with Gasteiger partial charge in [0.15, 0.2) is 0 Å². The van der Waals surface area contributed by atoms with Crippen molar-refractivity contribution >= 4 is 23.0 Å². The van der Waals surface area contributed by atoms with Crippen LogP contribution in [0.4, 0.5) is 0 Å². The zero-order valence-electron chi connectivity index (χ0n) is 27.4. The van der Waals surface area contributed by atoms with Crippen molar-refractivity contribution in [2.45, 2.75) is 78.8 Å². The molecule has 2 atom stereocenters. The minimum absolute atomic E-state index is 0. The maximum absolute atomic E-state index is 12.4. The van der Waals surface area contributed by atoms with Crippen LogP contribution in [0.15, 0.2) is 47.7 Å². The second kappa shape index (κ2) is 15.6. The number of carbonyl (C=O) groups is 2. The maximum Gasteiger partial charge on any atom is 1.00 e. The molecule has 2 heterocycles. The summed E-state index contributed by atoms with van der Waals surface area (Å²) >= 11 is 0. The van der Waals surface area contributed by atoms with Crippen molar-refractivity contribution in [3.63, 3.8) is 0 Å². The third kappa shape index (κ3) is 7.60. The van der Waals surface area contributed by atoms with Crippen LogP contribution in [0.5, 0.6) is 11.5 Å². The topological polar surface area (TPSA) is 147 Å². The molecule has 2 unspecified atom stereocenters. The van der Waals surface area contributed by atoms with Crippen molar-refractivity contribution in [3.05, 3.63) is 70.0 Å². The summed E-state index contributed by atoms with van der Waals surface area (Å²) in [4.78, 5) is 24.7. The molecule has 0 saturated heterocycles. The normalized spacial score (nSPS) is 23.1. The Kier molecular flexibility index (Phi) is 14.0. The molecule has 45 heavy (non-hydrogen) atoms. The number of nitrogens with one attached hydrogen (secondary N) is 2. The van der Waals surface area contributed by atoms with Crippen molar-refractivity contribution in [2.75, 3.05) is 21.3 Å². The van der Waals surface area contributed by atoms with Crippen molar-refractivity contribution in [1.29, 1.82) is 0 Å². The minimum atomic E-state index is -0.598. The molecule has 0 spiro atoms. The van der Waals surface area contributed by atoms with Crippen LogP contribution in [-0.4, -0.2) is 59.9 Å². The molecule has 9 nitrogen and oxygen atoms in total. The number of ether oxygens (including phenoxy) is 2. The number of amides is 2. The summed E-state index contributed by atoms with van der Waals surface area (Å²) in [5, 5.41) is 23.7. The van der Waals surface area contributed by atoms with E-state index < -0.39 is 5.54 Å². The fourth-order valence-corrected chi connectivity index (χ4v) is 6.23. The Balaban J connectivity index is 0.000000401. The Morgan fingerprint density at radius 1 is 0.733 bits per heavy atom. The van der Waals surface area contributed by atoms with Gasteiger partial charge in [-0.25, -0.2) is 0 Å². The predicted molar refractivity (Wildman–Crippen MR) is 173 cm³/mol. The molecular formula is C35H49N2NaO7. The fourth-order valence-electron chi connectivity index (χ4n) is 6.23. The average Bonchev–Trinajstić information content (AvgIpc) is 3.89. The van der Waals surface area contributed by atoms with Gasteiger partial charge in [-0.3, -0.25) is 9.59 Å². The van der Waals surface area contributed by atoms with E-state index in [1.807, 2.05) is 57.2 Å². The molecule has 2 aliphatic carbocycles. The number of hydrogen-bond donors (Lipinski definition) is 4. The van der Waals surface area contributed by atoms with Gasteiger partial charge in [0.25, 0.3) is 11.8 Å². The summed E-state index contributed by atoms with van der Waals surface area (Å²) < 4.78 is 10.4. The molecule has 6 rings (SSSR count). The van der Waals surface area contributed by atoms with E-state index >= 15 is 0 Å². The van der Waals surface area contributed by atoms with Crippen LogP contribution in [0, 0.1) is 25.7 Å². The number of carbonyl (C=O) groups excluding carboxylic acids is 2. The predicted octanol–water partition coefficient (Wildman–Crippen LogP) is 2.72. The first-order valence-electron chi connectivity index (χ1n) is 14.5. The molecule has 0 radical (unpaired) electrons. The largest absolute Gasteiger partial charge is 1.00 e. The van der Waals surface area contributed by atoms with E-state index in [1.165, 1.54) is 18.4 Å². The van der Waals surface area contributed by atoms with Crippen LogP contribution < -0.4 is 49.7 Å². The number of methoxy groups -OCH3 is 2. The summed E-state index contributed by atoms with van der Waals surface area (Å²) in [6.07, 6.45) is 4.53. The van der Waals surface area contributed by atoms with Crippen LogP contribution in [0.3, 0.4) is 0 Å². The second-order valence-corrected chi connectivity index (χ2v) is 11.9. The summed E-state index contributed by atoms with van der Waals surface area (Å²) in [6, 6.07) is 11.4. The van der Waals surface area contributed by atoms with Crippen LogP contribution >= 0.6 is 0 Å². The van der Waals surface area contributed by atoms with Gasteiger partial charge < -0.3 is 35.8 Å². The first-order valence-corrected chi connectivity index (χ1v) is 14.5. The summed E-state index contributed by atoms with van der Waals surface area (Å²) in [7, 11) is 4.27. The number of aliphatic hydroxyl groups excluding tert-OH is 2. The summed E-state index contributed by atoms with van der Waals surface area (Å²) in [5.74, 6) is 2.57. The van der Waals surface area contributed by atoms with E-state index in [9.17, 15) is 14.7 Å². The Bertz CT molecular complexity index is 1350. The van der Waals surface area contributed by atoms with E-state index in [1.54, 1.807) is 14.2 Å². The van der Waals surface area contributed by atoms with Crippen molar-refractivity contribution < 1.29 is 64.3 Å². The minimum Gasteiger partial charge on any atom is -0.870 e. The maximum atomic E-state index is 12.4. The second-order valence-electron chi connectivity index (χ2n) is 11.9. The molecule has 4 aliphatic rings. The molecule has 0 bridgehead atoms. The third-order valence-corrected chi connectivity index (χ3v) is 9.28. The van der Waals surface area contributed by atoms with E-state index in [0.717, 1.165) is 59.3 Å². The van der Waals surface area contributed by atoms with Gasteiger partial charge in [-0.1, -0.05) is 19.6 Å². The monoisotopic (exact) mass is 632 g/mol. The van der Waals surface area contributed by atoms with Gasteiger partial charge in [-0.2, -0.15) is 0 Å². The molecule has 2 aromatic rings. The average molecular weight is 633 g/mol. The number of hydrogen-bond acceptors (Lipinski definition) is 7. The molecule has 2 saturated carbocycles. The van der Waals surface area contributed by atoms with E-state index in [0.29, 0.717) is 17.4 Å².